The van der Waals surface area contributed by atoms with Crippen LogP contribution in [0.4, 0.5) is 5.69 Å². The van der Waals surface area contributed by atoms with Crippen molar-refractivity contribution in [3.63, 3.8) is 0 Å². The summed E-state index contributed by atoms with van der Waals surface area (Å²) < 4.78 is 6.43. The van der Waals surface area contributed by atoms with E-state index in [1.165, 1.54) is 0 Å². The number of carbonyl (C=O) groups excluding carboxylic acids is 1. The van der Waals surface area contributed by atoms with Gasteiger partial charge in [0.1, 0.15) is 0 Å². The summed E-state index contributed by atoms with van der Waals surface area (Å²) in [6.45, 7) is 3.98. The average Bonchev–Trinajstić information content (AvgIpc) is 2.81. The van der Waals surface area contributed by atoms with Crippen molar-refractivity contribution in [1.29, 1.82) is 0 Å². The van der Waals surface area contributed by atoms with E-state index in [-0.39, 0.29) is 17.9 Å². The minimum atomic E-state index is -0.110. The van der Waals surface area contributed by atoms with Gasteiger partial charge in [-0.25, -0.2) is 0 Å². The lowest BCUT2D eigenvalue weighted by atomic mass is 10.0. The molecule has 0 spiro atoms. The third-order valence-electron chi connectivity index (χ3n) is 3.02. The molecule has 1 aliphatic rings. The van der Waals surface area contributed by atoms with Crippen LogP contribution in [0.2, 0.25) is 0 Å². The molecule has 1 aromatic carbocycles. The van der Waals surface area contributed by atoms with Gasteiger partial charge in [0.05, 0.1) is 24.8 Å². The first-order chi connectivity index (χ1) is 8.72. The summed E-state index contributed by atoms with van der Waals surface area (Å²) in [4.78, 5) is 12.2. The van der Waals surface area contributed by atoms with E-state index in [1.807, 2.05) is 31.2 Å². The number of rotatable bonds is 4. The number of nitrogens with one attached hydrogen (secondary N) is 2. The number of amides is 1. The third-order valence-corrected chi connectivity index (χ3v) is 3.96. The Morgan fingerprint density at radius 2 is 2.22 bits per heavy atom. The molecule has 1 aromatic rings. The fraction of sp³-hybridized carbons (Fsp3) is 0.462. The van der Waals surface area contributed by atoms with Crippen LogP contribution >= 0.6 is 22.6 Å². The number of hydrogen-bond acceptors (Lipinski definition) is 3. The Bertz CT molecular complexity index is 425. The van der Waals surface area contributed by atoms with Crippen LogP contribution in [-0.4, -0.2) is 31.7 Å². The predicted molar refractivity (Wildman–Crippen MR) is 79.6 cm³/mol. The molecule has 0 aromatic heterocycles. The van der Waals surface area contributed by atoms with Gasteiger partial charge in [0.2, 0.25) is 5.91 Å². The maximum Gasteiger partial charge on any atom is 0.231 e. The quantitative estimate of drug-likeness (QED) is 0.806. The van der Waals surface area contributed by atoms with Crippen molar-refractivity contribution < 1.29 is 9.53 Å². The minimum absolute atomic E-state index is 0.0302. The van der Waals surface area contributed by atoms with Crippen LogP contribution in [0.1, 0.15) is 6.92 Å². The highest BCUT2D eigenvalue weighted by molar-refractivity contribution is 14.1. The van der Waals surface area contributed by atoms with Crippen LogP contribution in [0.5, 0.6) is 0 Å². The number of para-hydroxylation sites is 1. The Morgan fingerprint density at radius 1 is 1.44 bits per heavy atom. The number of benzene rings is 1. The van der Waals surface area contributed by atoms with Crippen molar-refractivity contribution in [2.75, 3.05) is 25.1 Å². The van der Waals surface area contributed by atoms with Gasteiger partial charge >= 0.3 is 0 Å². The fourth-order valence-corrected chi connectivity index (χ4v) is 2.59. The van der Waals surface area contributed by atoms with E-state index in [9.17, 15) is 4.79 Å². The molecule has 5 heteroatoms. The molecule has 1 heterocycles. The number of halogens is 1. The Morgan fingerprint density at radius 3 is 2.94 bits per heavy atom. The molecule has 0 radical (unpaired) electrons. The molecule has 1 saturated heterocycles. The molecule has 18 heavy (non-hydrogen) atoms. The SMILES string of the molecule is CCNC1COCC1C(=O)Nc1ccccc1I. The summed E-state index contributed by atoms with van der Waals surface area (Å²) in [5.74, 6) is -0.0801. The first-order valence-electron chi connectivity index (χ1n) is 6.09. The molecule has 2 unspecified atom stereocenters. The van der Waals surface area contributed by atoms with Crippen molar-refractivity contribution in [2.45, 2.75) is 13.0 Å². The molecule has 4 nitrogen and oxygen atoms in total. The van der Waals surface area contributed by atoms with Crippen molar-refractivity contribution >= 4 is 34.2 Å². The van der Waals surface area contributed by atoms with E-state index >= 15 is 0 Å². The molecule has 0 bridgehead atoms. The summed E-state index contributed by atoms with van der Waals surface area (Å²) in [5, 5.41) is 6.26. The molecule has 98 valence electrons. The fourth-order valence-electron chi connectivity index (χ4n) is 2.06. The van der Waals surface area contributed by atoms with E-state index < -0.39 is 0 Å². The summed E-state index contributed by atoms with van der Waals surface area (Å²) in [6, 6.07) is 7.89. The molecule has 1 fully saturated rings. The highest BCUT2D eigenvalue weighted by Crippen LogP contribution is 2.20. The van der Waals surface area contributed by atoms with Crippen LogP contribution < -0.4 is 10.6 Å². The third kappa shape index (κ3) is 3.21. The lowest BCUT2D eigenvalue weighted by Crippen LogP contribution is -2.41. The Balaban J connectivity index is 2.01. The molecular formula is C13H17IN2O2. The van der Waals surface area contributed by atoms with E-state index in [1.54, 1.807) is 0 Å². The van der Waals surface area contributed by atoms with Crippen LogP contribution in [0, 0.1) is 9.49 Å². The monoisotopic (exact) mass is 360 g/mol. The second-order valence-electron chi connectivity index (χ2n) is 4.28. The first-order valence-corrected chi connectivity index (χ1v) is 7.16. The standard InChI is InChI=1S/C13H17IN2O2/c1-2-15-12-8-18-7-9(12)13(17)16-11-6-4-3-5-10(11)14/h3-6,9,12,15H,2,7-8H2,1H3,(H,16,17). The van der Waals surface area contributed by atoms with Crippen LogP contribution in [0.3, 0.4) is 0 Å². The van der Waals surface area contributed by atoms with Crippen LogP contribution in [0.25, 0.3) is 0 Å². The molecule has 2 N–H and O–H groups in total. The maximum absolute atomic E-state index is 12.2. The Hall–Kier alpha value is -0.660. The van der Waals surface area contributed by atoms with Gasteiger partial charge in [-0.3, -0.25) is 4.79 Å². The minimum Gasteiger partial charge on any atom is -0.379 e. The summed E-state index contributed by atoms with van der Waals surface area (Å²) in [5.41, 5.74) is 0.866. The molecule has 2 rings (SSSR count). The second-order valence-corrected chi connectivity index (χ2v) is 5.44. The molecule has 1 aliphatic heterocycles. The summed E-state index contributed by atoms with van der Waals surface area (Å²) >= 11 is 2.22. The largest absolute Gasteiger partial charge is 0.379 e. The van der Waals surface area contributed by atoms with Crippen molar-refractivity contribution in [3.8, 4) is 0 Å². The predicted octanol–water partition coefficient (Wildman–Crippen LogP) is 1.85. The van der Waals surface area contributed by atoms with Gasteiger partial charge in [-0.15, -0.1) is 0 Å². The highest BCUT2D eigenvalue weighted by Gasteiger charge is 2.33. The summed E-state index contributed by atoms with van der Waals surface area (Å²) in [7, 11) is 0. The second kappa shape index (κ2) is 6.49. The van der Waals surface area contributed by atoms with Crippen LogP contribution in [-0.2, 0) is 9.53 Å². The van der Waals surface area contributed by atoms with Gasteiger partial charge in [0, 0.05) is 9.61 Å². The number of hydrogen-bond donors (Lipinski definition) is 2. The topological polar surface area (TPSA) is 50.4 Å². The van der Waals surface area contributed by atoms with Crippen molar-refractivity contribution in [3.05, 3.63) is 27.8 Å². The number of anilines is 1. The van der Waals surface area contributed by atoms with Gasteiger partial charge in [0.25, 0.3) is 0 Å². The zero-order valence-electron chi connectivity index (χ0n) is 10.3. The number of carbonyl (C=O) groups is 1. The number of ether oxygens (including phenoxy) is 1. The van der Waals surface area contributed by atoms with Gasteiger partial charge in [-0.1, -0.05) is 19.1 Å². The maximum atomic E-state index is 12.2. The molecule has 2 atom stereocenters. The lowest BCUT2D eigenvalue weighted by molar-refractivity contribution is -0.120. The van der Waals surface area contributed by atoms with Gasteiger partial charge < -0.3 is 15.4 Å². The van der Waals surface area contributed by atoms with Crippen molar-refractivity contribution in [2.24, 2.45) is 5.92 Å². The van der Waals surface area contributed by atoms with E-state index in [4.69, 9.17) is 4.74 Å². The Labute approximate surface area is 121 Å². The smallest absolute Gasteiger partial charge is 0.231 e. The first kappa shape index (κ1) is 13.8. The zero-order valence-corrected chi connectivity index (χ0v) is 12.4. The van der Waals surface area contributed by atoms with Gasteiger partial charge in [-0.2, -0.15) is 0 Å². The normalized spacial score (nSPS) is 23.0. The van der Waals surface area contributed by atoms with Crippen molar-refractivity contribution in [1.82, 2.24) is 5.32 Å². The lowest BCUT2D eigenvalue weighted by Gasteiger charge is -2.18. The molecule has 0 saturated carbocycles. The Kier molecular flexibility index (Phi) is 4.96. The van der Waals surface area contributed by atoms with E-state index in [0.29, 0.717) is 13.2 Å². The highest BCUT2D eigenvalue weighted by atomic mass is 127. The van der Waals surface area contributed by atoms with Gasteiger partial charge in [-0.05, 0) is 41.3 Å². The molecular weight excluding hydrogens is 343 g/mol. The van der Waals surface area contributed by atoms with Crippen LogP contribution in [0.15, 0.2) is 24.3 Å². The van der Waals surface area contributed by atoms with E-state index in [0.717, 1.165) is 15.8 Å². The van der Waals surface area contributed by atoms with Gasteiger partial charge in [0.15, 0.2) is 0 Å². The molecule has 1 amide bonds. The average molecular weight is 360 g/mol. The summed E-state index contributed by atoms with van der Waals surface area (Å²) in [6.07, 6.45) is 0. The van der Waals surface area contributed by atoms with E-state index in [2.05, 4.69) is 33.2 Å². The zero-order chi connectivity index (χ0) is 13.0. The number of likely N-dealkylation sites (N-methyl/N-ethyl adjacent to an activating group) is 1. The molecule has 0 aliphatic carbocycles.